The molecule has 0 aromatic heterocycles. The number of aliphatic hydroxyl groups excluding tert-OH is 1. The molecule has 1 atom stereocenters. The van der Waals surface area contributed by atoms with E-state index in [-0.39, 0.29) is 19.7 Å². The van der Waals surface area contributed by atoms with E-state index in [9.17, 15) is 9.90 Å². The van der Waals surface area contributed by atoms with Gasteiger partial charge in [0.2, 0.25) is 0 Å². The molecule has 0 saturated heterocycles. The van der Waals surface area contributed by atoms with Crippen molar-refractivity contribution in [1.29, 1.82) is 0 Å². The normalized spacial score (nSPS) is 12.1. The first-order valence-corrected chi connectivity index (χ1v) is 7.32. The number of benzene rings is 1. The zero-order chi connectivity index (χ0) is 15.7. The molecule has 5 heteroatoms. The topological polar surface area (TPSA) is 70.0 Å². The first-order valence-electron chi connectivity index (χ1n) is 7.32. The van der Waals surface area contributed by atoms with Crippen LogP contribution in [0.3, 0.4) is 0 Å². The first-order chi connectivity index (χ1) is 10.0. The summed E-state index contributed by atoms with van der Waals surface area (Å²) in [5.74, 6) is -0.922. The average Bonchev–Trinajstić information content (AvgIpc) is 2.43. The second-order valence-corrected chi connectivity index (χ2v) is 5.19. The summed E-state index contributed by atoms with van der Waals surface area (Å²) in [5, 5.41) is 19.0. The van der Waals surface area contributed by atoms with Gasteiger partial charge in [-0.05, 0) is 25.5 Å². The third-order valence-electron chi connectivity index (χ3n) is 3.11. The third kappa shape index (κ3) is 7.11. The summed E-state index contributed by atoms with van der Waals surface area (Å²) in [5.41, 5.74) is 1.90. The number of unbranched alkanes of at least 4 members (excludes halogenated alkanes) is 1. The molecule has 5 nitrogen and oxygen atoms in total. The fraction of sp³-hybridized carbons (Fsp3) is 0.562. The Bertz CT molecular complexity index is 419. The van der Waals surface area contributed by atoms with Crippen molar-refractivity contribution < 1.29 is 19.7 Å². The van der Waals surface area contributed by atoms with Crippen LogP contribution in [-0.2, 0) is 9.53 Å². The van der Waals surface area contributed by atoms with E-state index in [2.05, 4.69) is 6.92 Å². The van der Waals surface area contributed by atoms with E-state index < -0.39 is 12.1 Å². The molecular weight excluding hydrogens is 270 g/mol. The van der Waals surface area contributed by atoms with Gasteiger partial charge in [-0.1, -0.05) is 31.0 Å². The van der Waals surface area contributed by atoms with Crippen LogP contribution in [0.15, 0.2) is 24.3 Å². The fourth-order valence-corrected chi connectivity index (χ4v) is 1.95. The number of carboxylic acids is 1. The number of hydrogen-bond acceptors (Lipinski definition) is 4. The summed E-state index contributed by atoms with van der Waals surface area (Å²) in [6.07, 6.45) is 1.30. The average molecular weight is 295 g/mol. The molecular formula is C16H25NO4. The van der Waals surface area contributed by atoms with Crippen molar-refractivity contribution in [2.24, 2.45) is 0 Å². The van der Waals surface area contributed by atoms with Gasteiger partial charge in [0, 0.05) is 18.8 Å². The van der Waals surface area contributed by atoms with Crippen LogP contribution in [-0.4, -0.2) is 48.6 Å². The number of hydrogen-bond donors (Lipinski definition) is 2. The molecule has 0 aliphatic rings. The SMILES string of the molecule is CCCCOCC(O)CN(CC(=O)O)c1ccc(C)cc1. The minimum absolute atomic E-state index is 0.144. The van der Waals surface area contributed by atoms with E-state index in [4.69, 9.17) is 9.84 Å². The predicted octanol–water partition coefficient (Wildman–Crippen LogP) is 2.06. The van der Waals surface area contributed by atoms with Crippen molar-refractivity contribution in [2.45, 2.75) is 32.8 Å². The summed E-state index contributed by atoms with van der Waals surface area (Å²) < 4.78 is 5.37. The summed E-state index contributed by atoms with van der Waals surface area (Å²) in [6.45, 7) is 4.99. The van der Waals surface area contributed by atoms with Gasteiger partial charge in [0.1, 0.15) is 6.54 Å². The fourth-order valence-electron chi connectivity index (χ4n) is 1.95. The van der Waals surface area contributed by atoms with Crippen LogP contribution in [0, 0.1) is 6.92 Å². The monoisotopic (exact) mass is 295 g/mol. The van der Waals surface area contributed by atoms with Crippen LogP contribution in [0.2, 0.25) is 0 Å². The van der Waals surface area contributed by atoms with Gasteiger partial charge in [-0.2, -0.15) is 0 Å². The zero-order valence-electron chi connectivity index (χ0n) is 12.8. The highest BCUT2D eigenvalue weighted by molar-refractivity contribution is 5.73. The van der Waals surface area contributed by atoms with E-state index in [1.54, 1.807) is 4.90 Å². The van der Waals surface area contributed by atoms with Crippen LogP contribution in [0.5, 0.6) is 0 Å². The van der Waals surface area contributed by atoms with Crippen molar-refractivity contribution in [1.82, 2.24) is 0 Å². The zero-order valence-corrected chi connectivity index (χ0v) is 12.8. The Hall–Kier alpha value is -1.59. The van der Waals surface area contributed by atoms with E-state index >= 15 is 0 Å². The van der Waals surface area contributed by atoms with Gasteiger partial charge in [0.05, 0.1) is 12.7 Å². The predicted molar refractivity (Wildman–Crippen MR) is 82.8 cm³/mol. The van der Waals surface area contributed by atoms with E-state index in [0.29, 0.717) is 6.61 Å². The third-order valence-corrected chi connectivity index (χ3v) is 3.11. The highest BCUT2D eigenvalue weighted by Crippen LogP contribution is 2.15. The number of rotatable bonds is 10. The summed E-state index contributed by atoms with van der Waals surface area (Å²) in [6, 6.07) is 7.58. The lowest BCUT2D eigenvalue weighted by Gasteiger charge is -2.25. The molecule has 0 amide bonds. The molecule has 0 radical (unpaired) electrons. The smallest absolute Gasteiger partial charge is 0.323 e. The van der Waals surface area contributed by atoms with Crippen LogP contribution in [0.25, 0.3) is 0 Å². The molecule has 118 valence electrons. The minimum atomic E-state index is -0.922. The Morgan fingerprint density at radius 3 is 2.57 bits per heavy atom. The number of nitrogens with zero attached hydrogens (tertiary/aromatic N) is 1. The molecule has 2 N–H and O–H groups in total. The van der Waals surface area contributed by atoms with Crippen molar-refractivity contribution in [2.75, 3.05) is 31.2 Å². The van der Waals surface area contributed by atoms with Crippen molar-refractivity contribution in [3.8, 4) is 0 Å². The second-order valence-electron chi connectivity index (χ2n) is 5.19. The van der Waals surface area contributed by atoms with Gasteiger partial charge in [0.15, 0.2) is 0 Å². The quantitative estimate of drug-likeness (QED) is 0.647. The van der Waals surface area contributed by atoms with Crippen molar-refractivity contribution >= 4 is 11.7 Å². The largest absolute Gasteiger partial charge is 0.480 e. The molecule has 1 rings (SSSR count). The van der Waals surface area contributed by atoms with Crippen LogP contribution >= 0.6 is 0 Å². The number of aryl methyl sites for hydroxylation is 1. The maximum Gasteiger partial charge on any atom is 0.323 e. The van der Waals surface area contributed by atoms with E-state index in [1.807, 2.05) is 31.2 Å². The Morgan fingerprint density at radius 2 is 2.00 bits per heavy atom. The molecule has 0 fully saturated rings. The summed E-state index contributed by atoms with van der Waals surface area (Å²) in [7, 11) is 0. The lowest BCUT2D eigenvalue weighted by Crippen LogP contribution is -2.38. The Morgan fingerprint density at radius 1 is 1.33 bits per heavy atom. The minimum Gasteiger partial charge on any atom is -0.480 e. The highest BCUT2D eigenvalue weighted by atomic mass is 16.5. The van der Waals surface area contributed by atoms with Gasteiger partial charge in [-0.15, -0.1) is 0 Å². The number of aliphatic carboxylic acids is 1. The Balaban J connectivity index is 2.57. The molecule has 0 spiro atoms. The Kier molecular flexibility index (Phi) is 7.79. The number of carboxylic acid groups (broad SMARTS) is 1. The summed E-state index contributed by atoms with van der Waals surface area (Å²) in [4.78, 5) is 12.6. The molecule has 1 aromatic carbocycles. The second kappa shape index (κ2) is 9.37. The molecule has 1 unspecified atom stereocenters. The lowest BCUT2D eigenvalue weighted by molar-refractivity contribution is -0.135. The molecule has 21 heavy (non-hydrogen) atoms. The van der Waals surface area contributed by atoms with Gasteiger partial charge in [-0.25, -0.2) is 0 Å². The number of anilines is 1. The molecule has 0 bridgehead atoms. The van der Waals surface area contributed by atoms with Crippen LogP contribution in [0.1, 0.15) is 25.3 Å². The maximum atomic E-state index is 11.0. The van der Waals surface area contributed by atoms with Crippen LogP contribution < -0.4 is 4.90 Å². The molecule has 0 aliphatic heterocycles. The van der Waals surface area contributed by atoms with Gasteiger partial charge < -0.3 is 19.8 Å². The first kappa shape index (κ1) is 17.5. The molecule has 0 saturated carbocycles. The molecule has 1 aromatic rings. The maximum absolute atomic E-state index is 11.0. The highest BCUT2D eigenvalue weighted by Gasteiger charge is 2.15. The van der Waals surface area contributed by atoms with E-state index in [0.717, 1.165) is 24.1 Å². The van der Waals surface area contributed by atoms with E-state index in [1.165, 1.54) is 0 Å². The number of carbonyl (C=O) groups is 1. The number of ether oxygens (including phenoxy) is 1. The van der Waals surface area contributed by atoms with Crippen molar-refractivity contribution in [3.63, 3.8) is 0 Å². The Labute approximate surface area is 126 Å². The standard InChI is InChI=1S/C16H25NO4/c1-3-4-9-21-12-15(18)10-17(11-16(19)20)14-7-5-13(2)6-8-14/h5-8,15,18H,3-4,9-12H2,1-2H3,(H,19,20). The van der Waals surface area contributed by atoms with Gasteiger partial charge in [0.25, 0.3) is 0 Å². The number of aliphatic hydroxyl groups is 1. The van der Waals surface area contributed by atoms with Gasteiger partial charge >= 0.3 is 5.97 Å². The molecule has 0 aliphatic carbocycles. The lowest BCUT2D eigenvalue weighted by atomic mass is 10.2. The molecule has 0 heterocycles. The van der Waals surface area contributed by atoms with Gasteiger partial charge in [-0.3, -0.25) is 4.79 Å². The van der Waals surface area contributed by atoms with Crippen LogP contribution in [0.4, 0.5) is 5.69 Å². The van der Waals surface area contributed by atoms with Crippen molar-refractivity contribution in [3.05, 3.63) is 29.8 Å². The summed E-state index contributed by atoms with van der Waals surface area (Å²) >= 11 is 0.